The van der Waals surface area contributed by atoms with Gasteiger partial charge in [0.15, 0.2) is 4.67 Å². The van der Waals surface area contributed by atoms with Gasteiger partial charge in [0, 0.05) is 11.6 Å². The van der Waals surface area contributed by atoms with Crippen molar-refractivity contribution < 1.29 is 13.2 Å². The van der Waals surface area contributed by atoms with Crippen molar-refractivity contribution in [3.63, 3.8) is 0 Å². The first-order valence-electron chi connectivity index (χ1n) is 5.55. The van der Waals surface area contributed by atoms with E-state index in [1.807, 2.05) is 6.92 Å². The van der Waals surface area contributed by atoms with Crippen molar-refractivity contribution in [3.05, 3.63) is 58.0 Å². The van der Waals surface area contributed by atoms with Crippen molar-refractivity contribution in [3.8, 4) is 0 Å². The highest BCUT2D eigenvalue weighted by atomic mass is 79.9. The first-order valence-corrected chi connectivity index (χ1v) is 6.34. The van der Waals surface area contributed by atoms with Crippen LogP contribution in [0.15, 0.2) is 39.4 Å². The van der Waals surface area contributed by atoms with Gasteiger partial charge < -0.3 is 9.73 Å². The van der Waals surface area contributed by atoms with Gasteiger partial charge in [-0.05, 0) is 40.7 Å². The smallest absolute Gasteiger partial charge is 0.169 e. The summed E-state index contributed by atoms with van der Waals surface area (Å²) in [6.07, 6.45) is 0. The van der Waals surface area contributed by atoms with E-state index in [0.717, 1.165) is 6.07 Å². The highest BCUT2D eigenvalue weighted by Gasteiger charge is 2.20. The van der Waals surface area contributed by atoms with Gasteiger partial charge in [-0.25, -0.2) is 8.78 Å². The molecule has 0 aliphatic carbocycles. The van der Waals surface area contributed by atoms with Crippen LogP contribution in [0.4, 0.5) is 8.78 Å². The fraction of sp³-hybridized carbons (Fsp3) is 0.231. The molecule has 0 bridgehead atoms. The third-order valence-electron chi connectivity index (χ3n) is 2.56. The molecule has 0 aliphatic rings. The number of hydrogen-bond acceptors (Lipinski definition) is 2. The lowest BCUT2D eigenvalue weighted by atomic mass is 10.0. The molecule has 5 heteroatoms. The minimum Gasteiger partial charge on any atom is -0.452 e. The maximum atomic E-state index is 13.8. The van der Waals surface area contributed by atoms with Crippen LogP contribution in [0.3, 0.4) is 0 Å². The van der Waals surface area contributed by atoms with E-state index in [-0.39, 0.29) is 0 Å². The minimum absolute atomic E-state index is 0.361. The standard InChI is InChI=1S/C13H12BrF2NO/c1-2-17-13(11-5-6-12(14)18-11)9-4-3-8(15)7-10(9)16/h3-7,13,17H,2H2,1H3. The van der Waals surface area contributed by atoms with E-state index in [1.165, 1.54) is 12.1 Å². The van der Waals surface area contributed by atoms with Crippen molar-refractivity contribution in [2.24, 2.45) is 0 Å². The fourth-order valence-electron chi connectivity index (χ4n) is 1.79. The molecule has 1 atom stereocenters. The summed E-state index contributed by atoms with van der Waals surface area (Å²) in [4.78, 5) is 0. The SMILES string of the molecule is CCNC(c1ccc(Br)o1)c1ccc(F)cc1F. The molecule has 0 amide bonds. The van der Waals surface area contributed by atoms with Crippen molar-refractivity contribution in [2.75, 3.05) is 6.54 Å². The molecule has 0 fully saturated rings. The highest BCUT2D eigenvalue weighted by molar-refractivity contribution is 9.10. The molecule has 2 rings (SSSR count). The second kappa shape index (κ2) is 5.63. The Morgan fingerprint density at radius 2 is 2.06 bits per heavy atom. The van der Waals surface area contributed by atoms with Crippen molar-refractivity contribution in [2.45, 2.75) is 13.0 Å². The summed E-state index contributed by atoms with van der Waals surface area (Å²) in [6.45, 7) is 2.55. The maximum absolute atomic E-state index is 13.8. The van der Waals surface area contributed by atoms with Crippen molar-refractivity contribution >= 4 is 15.9 Å². The van der Waals surface area contributed by atoms with E-state index >= 15 is 0 Å². The molecule has 1 unspecified atom stereocenters. The van der Waals surface area contributed by atoms with E-state index in [9.17, 15) is 8.78 Å². The van der Waals surface area contributed by atoms with Crippen LogP contribution in [0.2, 0.25) is 0 Å². The first kappa shape index (κ1) is 13.2. The largest absolute Gasteiger partial charge is 0.452 e. The zero-order valence-electron chi connectivity index (χ0n) is 9.71. The number of halogens is 3. The quantitative estimate of drug-likeness (QED) is 0.922. The zero-order chi connectivity index (χ0) is 13.1. The fourth-order valence-corrected chi connectivity index (χ4v) is 2.11. The third-order valence-corrected chi connectivity index (χ3v) is 2.99. The Morgan fingerprint density at radius 3 is 2.61 bits per heavy atom. The van der Waals surface area contributed by atoms with E-state index in [0.29, 0.717) is 22.5 Å². The first-order chi connectivity index (χ1) is 8.61. The number of hydrogen-bond donors (Lipinski definition) is 1. The summed E-state index contributed by atoms with van der Waals surface area (Å²) >= 11 is 3.21. The Labute approximate surface area is 112 Å². The van der Waals surface area contributed by atoms with Crippen LogP contribution < -0.4 is 5.32 Å². The van der Waals surface area contributed by atoms with Gasteiger partial charge in [0.05, 0.1) is 6.04 Å². The Hall–Kier alpha value is -1.20. The molecule has 0 saturated heterocycles. The molecule has 1 N–H and O–H groups in total. The van der Waals surface area contributed by atoms with Gasteiger partial charge in [-0.15, -0.1) is 0 Å². The molecular weight excluding hydrogens is 304 g/mol. The molecule has 1 aromatic carbocycles. The third kappa shape index (κ3) is 2.79. The summed E-state index contributed by atoms with van der Waals surface area (Å²) in [5.74, 6) is -0.602. The molecule has 2 nitrogen and oxygen atoms in total. The average Bonchev–Trinajstić information content (AvgIpc) is 2.73. The van der Waals surface area contributed by atoms with Gasteiger partial charge in [-0.3, -0.25) is 0 Å². The summed E-state index contributed by atoms with van der Waals surface area (Å²) in [5, 5.41) is 3.11. The van der Waals surface area contributed by atoms with E-state index < -0.39 is 17.7 Å². The minimum atomic E-state index is -0.591. The van der Waals surface area contributed by atoms with E-state index in [1.54, 1.807) is 12.1 Å². The van der Waals surface area contributed by atoms with Crippen molar-refractivity contribution in [1.82, 2.24) is 5.32 Å². The Balaban J connectivity index is 2.41. The predicted molar refractivity (Wildman–Crippen MR) is 68.3 cm³/mol. The number of furan rings is 1. The average molecular weight is 316 g/mol. The second-order valence-corrected chi connectivity index (χ2v) is 4.58. The molecule has 0 saturated carbocycles. The van der Waals surface area contributed by atoms with Gasteiger partial charge in [0.25, 0.3) is 0 Å². The van der Waals surface area contributed by atoms with Crippen LogP contribution in [0, 0.1) is 11.6 Å². The summed E-state index contributed by atoms with van der Waals surface area (Å²) in [7, 11) is 0. The van der Waals surface area contributed by atoms with Crippen molar-refractivity contribution in [1.29, 1.82) is 0 Å². The Bertz CT molecular complexity index is 542. The maximum Gasteiger partial charge on any atom is 0.169 e. The molecule has 1 heterocycles. The molecule has 1 aromatic heterocycles. The van der Waals surface area contributed by atoms with Crippen LogP contribution in [0.1, 0.15) is 24.3 Å². The molecule has 96 valence electrons. The topological polar surface area (TPSA) is 25.2 Å². The van der Waals surface area contributed by atoms with Gasteiger partial charge in [-0.2, -0.15) is 0 Å². The molecule has 0 radical (unpaired) electrons. The second-order valence-electron chi connectivity index (χ2n) is 3.80. The lowest BCUT2D eigenvalue weighted by Crippen LogP contribution is -2.22. The lowest BCUT2D eigenvalue weighted by molar-refractivity contribution is 0.427. The van der Waals surface area contributed by atoms with Crippen LogP contribution in [-0.4, -0.2) is 6.54 Å². The van der Waals surface area contributed by atoms with Gasteiger partial charge in [0.2, 0.25) is 0 Å². The van der Waals surface area contributed by atoms with E-state index in [2.05, 4.69) is 21.2 Å². The van der Waals surface area contributed by atoms with Crippen LogP contribution in [0.25, 0.3) is 0 Å². The predicted octanol–water partition coefficient (Wildman–Crippen LogP) is 4.02. The van der Waals surface area contributed by atoms with Crippen LogP contribution in [-0.2, 0) is 0 Å². The Morgan fingerprint density at radius 1 is 1.28 bits per heavy atom. The summed E-state index contributed by atoms with van der Waals surface area (Å²) in [6, 6.07) is 6.59. The zero-order valence-corrected chi connectivity index (χ0v) is 11.3. The monoisotopic (exact) mass is 315 g/mol. The van der Waals surface area contributed by atoms with Crippen LogP contribution in [0.5, 0.6) is 0 Å². The number of benzene rings is 1. The molecular formula is C13H12BrF2NO. The molecule has 0 spiro atoms. The van der Waals surface area contributed by atoms with E-state index in [4.69, 9.17) is 4.42 Å². The summed E-state index contributed by atoms with van der Waals surface area (Å²) < 4.78 is 32.7. The summed E-state index contributed by atoms with van der Waals surface area (Å²) in [5.41, 5.74) is 0.361. The lowest BCUT2D eigenvalue weighted by Gasteiger charge is -2.16. The molecule has 2 aromatic rings. The highest BCUT2D eigenvalue weighted by Crippen LogP contribution is 2.28. The number of rotatable bonds is 4. The normalized spacial score (nSPS) is 12.7. The number of nitrogens with one attached hydrogen (secondary N) is 1. The molecule has 0 aliphatic heterocycles. The van der Waals surface area contributed by atoms with Crippen LogP contribution >= 0.6 is 15.9 Å². The Kier molecular flexibility index (Phi) is 4.14. The van der Waals surface area contributed by atoms with Gasteiger partial charge in [-0.1, -0.05) is 13.0 Å². The van der Waals surface area contributed by atoms with Gasteiger partial charge >= 0.3 is 0 Å². The molecule has 18 heavy (non-hydrogen) atoms. The van der Waals surface area contributed by atoms with Gasteiger partial charge in [0.1, 0.15) is 17.4 Å².